The van der Waals surface area contributed by atoms with E-state index in [0.29, 0.717) is 28.2 Å². The molecule has 10 nitrogen and oxygen atoms in total. The lowest BCUT2D eigenvalue weighted by atomic mass is 10.0. The molecule has 38 heavy (non-hydrogen) atoms. The lowest BCUT2D eigenvalue weighted by Crippen LogP contribution is -2.53. The van der Waals surface area contributed by atoms with Crippen LogP contribution in [0.1, 0.15) is 22.8 Å². The maximum Gasteiger partial charge on any atom is 0.333 e. The maximum atomic E-state index is 13.7. The second-order valence-electron chi connectivity index (χ2n) is 10.2. The molecule has 2 saturated heterocycles. The summed E-state index contributed by atoms with van der Waals surface area (Å²) in [5.41, 5.74) is 8.61. The van der Waals surface area contributed by atoms with Crippen LogP contribution in [0.5, 0.6) is 0 Å². The molecule has 2 fully saturated rings. The number of hydrazine groups is 1. The number of piperazine rings is 2. The van der Waals surface area contributed by atoms with E-state index in [1.165, 1.54) is 5.69 Å². The highest BCUT2D eigenvalue weighted by molar-refractivity contribution is 6.26. The largest absolute Gasteiger partial charge is 0.369 e. The fraction of sp³-hybridized carbons (Fsp3) is 0.393. The van der Waals surface area contributed by atoms with Crippen LogP contribution in [0.15, 0.2) is 42.5 Å². The van der Waals surface area contributed by atoms with Gasteiger partial charge in [0.05, 0.1) is 22.5 Å². The van der Waals surface area contributed by atoms with Gasteiger partial charge in [-0.2, -0.15) is 5.10 Å². The standard InChI is InChI=1S/C28H34N8O2/c1-3-34-13-15-35(16-14-34)20-9-7-19(8-10-20)25-24-26(31-30-25)21-5-4-6-22(23(21)27(24)37)29-28(38)32-36-17-11-33(2)12-18-36/h4-10H,3,11-18H2,1-2H3,(H,30,31)(H2,29,32,38). The summed E-state index contributed by atoms with van der Waals surface area (Å²) in [6.07, 6.45) is 0. The van der Waals surface area contributed by atoms with E-state index in [4.69, 9.17) is 0 Å². The fourth-order valence-corrected chi connectivity index (χ4v) is 5.57. The van der Waals surface area contributed by atoms with Crippen molar-refractivity contribution >= 4 is 23.2 Å². The van der Waals surface area contributed by atoms with Gasteiger partial charge < -0.3 is 20.0 Å². The molecule has 2 amide bonds. The number of anilines is 2. The molecule has 1 aromatic heterocycles. The molecule has 2 aromatic carbocycles. The van der Waals surface area contributed by atoms with Gasteiger partial charge in [0.15, 0.2) is 5.78 Å². The number of H-pyrrole nitrogens is 1. The van der Waals surface area contributed by atoms with Crippen LogP contribution in [0.4, 0.5) is 16.2 Å². The van der Waals surface area contributed by atoms with Gasteiger partial charge in [-0.1, -0.05) is 31.2 Å². The third-order valence-corrected chi connectivity index (χ3v) is 7.89. The van der Waals surface area contributed by atoms with E-state index in [1.54, 1.807) is 6.07 Å². The molecule has 1 aliphatic carbocycles. The molecule has 0 bridgehead atoms. The third kappa shape index (κ3) is 4.55. The summed E-state index contributed by atoms with van der Waals surface area (Å²) in [7, 11) is 2.07. The molecule has 0 spiro atoms. The molecular formula is C28H34N8O2. The van der Waals surface area contributed by atoms with Crippen molar-refractivity contribution in [2.75, 3.05) is 76.2 Å². The Hall–Kier alpha value is -3.73. The number of benzene rings is 2. The van der Waals surface area contributed by atoms with E-state index < -0.39 is 0 Å². The van der Waals surface area contributed by atoms with Gasteiger partial charge in [0.1, 0.15) is 5.69 Å². The lowest BCUT2D eigenvalue weighted by molar-refractivity contribution is 0.104. The molecule has 3 aromatic rings. The van der Waals surface area contributed by atoms with E-state index in [-0.39, 0.29) is 11.8 Å². The van der Waals surface area contributed by atoms with Crippen LogP contribution < -0.4 is 15.6 Å². The van der Waals surface area contributed by atoms with E-state index >= 15 is 0 Å². The quantitative estimate of drug-likeness (QED) is 0.377. The highest BCUT2D eigenvalue weighted by Gasteiger charge is 2.35. The van der Waals surface area contributed by atoms with Crippen LogP contribution in [0.25, 0.3) is 22.5 Å². The van der Waals surface area contributed by atoms with Gasteiger partial charge in [0, 0.05) is 69.2 Å². The van der Waals surface area contributed by atoms with Gasteiger partial charge in [-0.05, 0) is 31.8 Å². The first-order chi connectivity index (χ1) is 18.5. The number of nitrogens with zero attached hydrogens (tertiary/aromatic N) is 5. The molecule has 3 heterocycles. The maximum absolute atomic E-state index is 13.7. The van der Waals surface area contributed by atoms with Crippen molar-refractivity contribution < 1.29 is 9.59 Å². The topological polar surface area (TPSA) is 99.8 Å². The zero-order valence-electron chi connectivity index (χ0n) is 22.0. The van der Waals surface area contributed by atoms with Crippen LogP contribution in [0.3, 0.4) is 0 Å². The van der Waals surface area contributed by atoms with Crippen LogP contribution in [0.2, 0.25) is 0 Å². The molecule has 3 aliphatic rings. The number of fused-ring (bicyclic) bond motifs is 3. The summed E-state index contributed by atoms with van der Waals surface area (Å²) in [6, 6.07) is 13.5. The van der Waals surface area contributed by atoms with Gasteiger partial charge in [-0.15, -0.1) is 0 Å². The number of hydrogen-bond donors (Lipinski definition) is 3. The number of amides is 2. The smallest absolute Gasteiger partial charge is 0.333 e. The highest BCUT2D eigenvalue weighted by Crippen LogP contribution is 2.43. The molecule has 10 heteroatoms. The molecule has 0 atom stereocenters. The van der Waals surface area contributed by atoms with Crippen LogP contribution in [-0.4, -0.2) is 103 Å². The van der Waals surface area contributed by atoms with E-state index in [1.807, 2.05) is 29.3 Å². The molecule has 6 rings (SSSR count). The summed E-state index contributed by atoms with van der Waals surface area (Å²) in [6.45, 7) is 10.7. The van der Waals surface area contributed by atoms with Crippen LogP contribution in [-0.2, 0) is 0 Å². The molecular weight excluding hydrogens is 480 g/mol. The Morgan fingerprint density at radius 3 is 2.39 bits per heavy atom. The number of aromatic nitrogens is 2. The molecule has 3 N–H and O–H groups in total. The minimum atomic E-state index is -0.347. The monoisotopic (exact) mass is 514 g/mol. The Labute approximate surface area is 222 Å². The number of ketones is 1. The van der Waals surface area contributed by atoms with Gasteiger partial charge in [-0.3, -0.25) is 15.3 Å². The zero-order valence-corrected chi connectivity index (χ0v) is 22.0. The number of nitrogens with one attached hydrogen (secondary N) is 3. The SMILES string of the molecule is CCN1CCN(c2ccc(-c3n[nH]c4c3C(=O)c3c(NC(=O)NN5CCN(C)CC5)cccc3-4)cc2)CC1. The fourth-order valence-electron chi connectivity index (χ4n) is 5.57. The number of rotatable bonds is 5. The van der Waals surface area contributed by atoms with Gasteiger partial charge in [0.2, 0.25) is 0 Å². The summed E-state index contributed by atoms with van der Waals surface area (Å²) >= 11 is 0. The second-order valence-corrected chi connectivity index (χ2v) is 10.2. The van der Waals surface area contributed by atoms with Crippen molar-refractivity contribution in [2.24, 2.45) is 0 Å². The number of hydrogen-bond acceptors (Lipinski definition) is 7. The minimum Gasteiger partial charge on any atom is -0.369 e. The Morgan fingerprint density at radius 2 is 1.68 bits per heavy atom. The average Bonchev–Trinajstić information content (AvgIpc) is 3.50. The average molecular weight is 515 g/mol. The summed E-state index contributed by atoms with van der Waals surface area (Å²) < 4.78 is 0. The molecule has 0 saturated carbocycles. The van der Waals surface area contributed by atoms with Gasteiger partial charge in [0.25, 0.3) is 0 Å². The van der Waals surface area contributed by atoms with Gasteiger partial charge >= 0.3 is 6.03 Å². The van der Waals surface area contributed by atoms with Gasteiger partial charge in [-0.25, -0.2) is 9.80 Å². The molecule has 0 unspecified atom stereocenters. The number of urea groups is 1. The van der Waals surface area contributed by atoms with Crippen LogP contribution in [0, 0.1) is 0 Å². The van der Waals surface area contributed by atoms with Crippen LogP contribution >= 0.6 is 0 Å². The number of likely N-dealkylation sites (N-methyl/N-ethyl adjacent to an activating group) is 2. The van der Waals surface area contributed by atoms with Crippen molar-refractivity contribution in [3.8, 4) is 22.5 Å². The Morgan fingerprint density at radius 1 is 0.947 bits per heavy atom. The number of carbonyl (C=O) groups is 2. The summed E-state index contributed by atoms with van der Waals surface area (Å²) in [4.78, 5) is 33.5. The normalized spacial score (nSPS) is 18.4. The minimum absolute atomic E-state index is 0.131. The number of aromatic amines is 1. The Bertz CT molecular complexity index is 1340. The van der Waals surface area contributed by atoms with Crippen molar-refractivity contribution in [3.63, 3.8) is 0 Å². The second kappa shape index (κ2) is 10.2. The third-order valence-electron chi connectivity index (χ3n) is 7.89. The first-order valence-electron chi connectivity index (χ1n) is 13.4. The van der Waals surface area contributed by atoms with E-state index in [2.05, 4.69) is 61.7 Å². The predicted molar refractivity (Wildman–Crippen MR) is 148 cm³/mol. The molecule has 2 aliphatic heterocycles. The zero-order chi connectivity index (χ0) is 26.2. The van der Waals surface area contributed by atoms with Crippen molar-refractivity contribution in [2.45, 2.75) is 6.92 Å². The van der Waals surface area contributed by atoms with Crippen molar-refractivity contribution in [3.05, 3.63) is 53.6 Å². The van der Waals surface area contributed by atoms with E-state index in [9.17, 15) is 9.59 Å². The first kappa shape index (κ1) is 24.6. The van der Waals surface area contributed by atoms with E-state index in [0.717, 1.165) is 70.0 Å². The van der Waals surface area contributed by atoms with Crippen molar-refractivity contribution in [1.82, 2.24) is 30.4 Å². The summed E-state index contributed by atoms with van der Waals surface area (Å²) in [5.74, 6) is -0.131. The predicted octanol–water partition coefficient (Wildman–Crippen LogP) is 2.71. The first-order valence-corrected chi connectivity index (χ1v) is 13.4. The lowest BCUT2D eigenvalue weighted by Gasteiger charge is -2.35. The Balaban J connectivity index is 1.19. The van der Waals surface area contributed by atoms with Crippen molar-refractivity contribution in [1.29, 1.82) is 0 Å². The Kier molecular flexibility index (Phi) is 6.61. The number of carbonyl (C=O) groups excluding carboxylic acids is 2. The highest BCUT2D eigenvalue weighted by atomic mass is 16.2. The molecule has 198 valence electrons. The molecule has 0 radical (unpaired) electrons. The summed E-state index contributed by atoms with van der Waals surface area (Å²) in [5, 5.41) is 12.4.